The Morgan fingerprint density at radius 2 is 2.12 bits per heavy atom. The second-order valence-corrected chi connectivity index (χ2v) is 4.77. The Balaban J connectivity index is 0.00000144. The van der Waals surface area contributed by atoms with E-state index in [1.54, 1.807) is 0 Å². The molecule has 0 amide bonds. The first kappa shape index (κ1) is 14.3. The van der Waals surface area contributed by atoms with Crippen molar-refractivity contribution in [1.82, 2.24) is 5.32 Å². The number of piperidine rings is 1. The zero-order valence-electron chi connectivity index (χ0n) is 10.7. The molecule has 1 aliphatic rings. The maximum atomic E-state index is 5.84. The van der Waals surface area contributed by atoms with Crippen LogP contribution in [0.25, 0.3) is 0 Å². The number of nitrogens with one attached hydrogen (secondary N) is 1. The summed E-state index contributed by atoms with van der Waals surface area (Å²) in [4.78, 5) is 0. The maximum Gasteiger partial charge on any atom is 0.119 e. The molecule has 1 fully saturated rings. The standard InChI is InChI=1S/C14H21NO.ClH/c1-11-5-6-14(8-12(11)2)16-10-13-4-3-7-15-9-13;/h5-6,8,13,15H,3-4,7,9-10H2,1-2H3;1H. The lowest BCUT2D eigenvalue weighted by molar-refractivity contribution is 0.218. The van der Waals surface area contributed by atoms with Crippen LogP contribution in [-0.2, 0) is 0 Å². The van der Waals surface area contributed by atoms with Gasteiger partial charge in [0.1, 0.15) is 5.75 Å². The van der Waals surface area contributed by atoms with Crippen molar-refractivity contribution >= 4 is 12.4 Å². The highest BCUT2D eigenvalue weighted by atomic mass is 35.5. The van der Waals surface area contributed by atoms with Gasteiger partial charge in [-0.25, -0.2) is 0 Å². The summed E-state index contributed by atoms with van der Waals surface area (Å²) in [6.07, 6.45) is 2.57. The molecule has 0 aromatic heterocycles. The van der Waals surface area contributed by atoms with Gasteiger partial charge in [0.2, 0.25) is 0 Å². The van der Waals surface area contributed by atoms with Crippen molar-refractivity contribution in [1.29, 1.82) is 0 Å². The number of hydrogen-bond donors (Lipinski definition) is 1. The lowest BCUT2D eigenvalue weighted by Gasteiger charge is -2.22. The van der Waals surface area contributed by atoms with E-state index in [9.17, 15) is 0 Å². The Kier molecular flexibility index (Phi) is 5.79. The fourth-order valence-electron chi connectivity index (χ4n) is 2.08. The smallest absolute Gasteiger partial charge is 0.119 e. The first-order valence-corrected chi connectivity index (χ1v) is 6.16. The van der Waals surface area contributed by atoms with E-state index in [1.807, 2.05) is 0 Å². The Bertz CT molecular complexity index is 348. The molecular weight excluding hydrogens is 234 g/mol. The Morgan fingerprint density at radius 3 is 2.76 bits per heavy atom. The van der Waals surface area contributed by atoms with Gasteiger partial charge in [-0.2, -0.15) is 0 Å². The molecule has 96 valence electrons. The molecule has 1 aromatic rings. The van der Waals surface area contributed by atoms with E-state index in [0.29, 0.717) is 5.92 Å². The zero-order chi connectivity index (χ0) is 11.4. The van der Waals surface area contributed by atoms with Gasteiger partial charge in [0.05, 0.1) is 6.61 Å². The molecule has 1 aliphatic heterocycles. The molecule has 2 rings (SSSR count). The summed E-state index contributed by atoms with van der Waals surface area (Å²) in [6, 6.07) is 6.33. The number of hydrogen-bond acceptors (Lipinski definition) is 2. The average Bonchev–Trinajstić information content (AvgIpc) is 2.32. The SMILES string of the molecule is Cc1ccc(OCC2CCCNC2)cc1C.Cl. The number of ether oxygens (including phenoxy) is 1. The highest BCUT2D eigenvalue weighted by Crippen LogP contribution is 2.18. The number of halogens is 1. The van der Waals surface area contributed by atoms with Gasteiger partial charge in [0.25, 0.3) is 0 Å². The van der Waals surface area contributed by atoms with Crippen molar-refractivity contribution in [2.24, 2.45) is 5.92 Å². The molecule has 2 nitrogen and oxygen atoms in total. The van der Waals surface area contributed by atoms with Gasteiger partial charge >= 0.3 is 0 Å². The third kappa shape index (κ3) is 4.21. The monoisotopic (exact) mass is 255 g/mol. The summed E-state index contributed by atoms with van der Waals surface area (Å²) in [7, 11) is 0. The van der Waals surface area contributed by atoms with Crippen molar-refractivity contribution in [3.8, 4) is 5.75 Å². The van der Waals surface area contributed by atoms with Crippen molar-refractivity contribution in [2.75, 3.05) is 19.7 Å². The Hall–Kier alpha value is -0.730. The molecule has 1 atom stereocenters. The van der Waals surface area contributed by atoms with E-state index >= 15 is 0 Å². The van der Waals surface area contributed by atoms with E-state index in [0.717, 1.165) is 18.9 Å². The quantitative estimate of drug-likeness (QED) is 0.896. The zero-order valence-corrected chi connectivity index (χ0v) is 11.5. The normalized spacial score (nSPS) is 19.5. The van der Waals surface area contributed by atoms with Crippen LogP contribution in [0, 0.1) is 19.8 Å². The average molecular weight is 256 g/mol. The Labute approximate surface area is 110 Å². The fourth-order valence-corrected chi connectivity index (χ4v) is 2.08. The molecule has 0 saturated carbocycles. The van der Waals surface area contributed by atoms with Gasteiger partial charge in [-0.3, -0.25) is 0 Å². The van der Waals surface area contributed by atoms with Crippen molar-refractivity contribution in [3.05, 3.63) is 29.3 Å². The van der Waals surface area contributed by atoms with E-state index in [4.69, 9.17) is 4.74 Å². The van der Waals surface area contributed by atoms with E-state index in [2.05, 4.69) is 37.4 Å². The molecule has 0 spiro atoms. The lowest BCUT2D eigenvalue weighted by atomic mass is 10.0. The second-order valence-electron chi connectivity index (χ2n) is 4.77. The van der Waals surface area contributed by atoms with Gasteiger partial charge in [-0.1, -0.05) is 6.07 Å². The largest absolute Gasteiger partial charge is 0.493 e. The van der Waals surface area contributed by atoms with Crippen LogP contribution in [0.2, 0.25) is 0 Å². The van der Waals surface area contributed by atoms with Gasteiger partial charge in [-0.15, -0.1) is 12.4 Å². The van der Waals surface area contributed by atoms with Crippen molar-refractivity contribution in [2.45, 2.75) is 26.7 Å². The highest BCUT2D eigenvalue weighted by Gasteiger charge is 2.13. The number of aryl methyl sites for hydroxylation is 2. The van der Waals surface area contributed by atoms with Gasteiger partial charge < -0.3 is 10.1 Å². The van der Waals surface area contributed by atoms with Crippen LogP contribution in [0.15, 0.2) is 18.2 Å². The van der Waals surface area contributed by atoms with E-state index < -0.39 is 0 Å². The van der Waals surface area contributed by atoms with Gasteiger partial charge in [-0.05, 0) is 56.5 Å². The second kappa shape index (κ2) is 6.87. The molecule has 0 bridgehead atoms. The van der Waals surface area contributed by atoms with Gasteiger partial charge in [0.15, 0.2) is 0 Å². The van der Waals surface area contributed by atoms with Crippen LogP contribution < -0.4 is 10.1 Å². The summed E-state index contributed by atoms with van der Waals surface area (Å²) >= 11 is 0. The molecule has 0 aliphatic carbocycles. The predicted molar refractivity (Wildman–Crippen MR) is 74.3 cm³/mol. The minimum Gasteiger partial charge on any atom is -0.493 e. The van der Waals surface area contributed by atoms with Crippen LogP contribution in [-0.4, -0.2) is 19.7 Å². The van der Waals surface area contributed by atoms with Crippen LogP contribution in [0.4, 0.5) is 0 Å². The first-order valence-electron chi connectivity index (χ1n) is 6.16. The maximum absolute atomic E-state index is 5.84. The van der Waals surface area contributed by atoms with Gasteiger partial charge in [0, 0.05) is 12.5 Å². The van der Waals surface area contributed by atoms with Crippen LogP contribution >= 0.6 is 12.4 Å². The molecule has 1 aromatic carbocycles. The summed E-state index contributed by atoms with van der Waals surface area (Å²) in [5, 5.41) is 3.41. The summed E-state index contributed by atoms with van der Waals surface area (Å²) in [6.45, 7) is 7.37. The minimum absolute atomic E-state index is 0. The van der Waals surface area contributed by atoms with E-state index in [-0.39, 0.29) is 12.4 Å². The predicted octanol–water partition coefficient (Wildman–Crippen LogP) is 3.10. The molecule has 3 heteroatoms. The highest BCUT2D eigenvalue weighted by molar-refractivity contribution is 5.85. The van der Waals surface area contributed by atoms with E-state index in [1.165, 1.54) is 30.5 Å². The lowest BCUT2D eigenvalue weighted by Crippen LogP contribution is -2.33. The van der Waals surface area contributed by atoms with Crippen molar-refractivity contribution < 1.29 is 4.74 Å². The Morgan fingerprint density at radius 1 is 1.29 bits per heavy atom. The fraction of sp³-hybridized carbons (Fsp3) is 0.571. The third-order valence-electron chi connectivity index (χ3n) is 3.36. The first-order chi connectivity index (χ1) is 7.75. The third-order valence-corrected chi connectivity index (χ3v) is 3.36. The topological polar surface area (TPSA) is 21.3 Å². The van der Waals surface area contributed by atoms with Crippen LogP contribution in [0.5, 0.6) is 5.75 Å². The molecule has 1 saturated heterocycles. The molecule has 1 unspecified atom stereocenters. The molecule has 17 heavy (non-hydrogen) atoms. The summed E-state index contributed by atoms with van der Waals surface area (Å²) in [5.41, 5.74) is 2.63. The minimum atomic E-state index is 0. The molecular formula is C14H22ClNO. The van der Waals surface area contributed by atoms with Crippen LogP contribution in [0.1, 0.15) is 24.0 Å². The molecule has 0 radical (unpaired) electrons. The summed E-state index contributed by atoms with van der Waals surface area (Å²) < 4.78 is 5.84. The number of rotatable bonds is 3. The molecule has 1 N–H and O–H groups in total. The molecule has 1 heterocycles. The van der Waals surface area contributed by atoms with Crippen LogP contribution in [0.3, 0.4) is 0 Å². The number of benzene rings is 1. The van der Waals surface area contributed by atoms with Crippen molar-refractivity contribution in [3.63, 3.8) is 0 Å². The summed E-state index contributed by atoms with van der Waals surface area (Å²) in [5.74, 6) is 1.68.